The first-order valence-corrected chi connectivity index (χ1v) is 13.7. The maximum Gasteiger partial charge on any atom is 0.254 e. The van der Waals surface area contributed by atoms with Crippen molar-refractivity contribution in [2.24, 2.45) is 17.4 Å². The molecule has 2 heterocycles. The Kier molecular flexibility index (Phi) is 11.5. The summed E-state index contributed by atoms with van der Waals surface area (Å²) in [5.74, 6) is -0.372. The van der Waals surface area contributed by atoms with E-state index in [2.05, 4.69) is 5.16 Å². The van der Waals surface area contributed by atoms with Crippen LogP contribution in [0.2, 0.25) is 0 Å². The monoisotopic (exact) mass is 554 g/mol. The zero-order valence-corrected chi connectivity index (χ0v) is 23.1. The number of nitrogens with zero attached hydrogens (tertiary/aromatic N) is 2. The number of benzene rings is 2. The third-order valence-corrected chi connectivity index (χ3v) is 6.76. The lowest BCUT2D eigenvalue weighted by Crippen LogP contribution is -2.46. The third-order valence-electron chi connectivity index (χ3n) is 6.76. The number of primary amides is 1. The first kappa shape index (κ1) is 30.6. The molecule has 1 aliphatic heterocycles. The normalized spacial score (nSPS) is 15.4. The molecule has 2 aromatic carbocycles. The van der Waals surface area contributed by atoms with E-state index in [9.17, 15) is 14.0 Å². The van der Waals surface area contributed by atoms with Gasteiger partial charge in [0.15, 0.2) is 5.76 Å². The fourth-order valence-electron chi connectivity index (χ4n) is 4.66. The Morgan fingerprint density at radius 2 is 1.88 bits per heavy atom. The van der Waals surface area contributed by atoms with Crippen molar-refractivity contribution in [3.05, 3.63) is 66.2 Å². The number of carbonyl (C=O) groups is 2. The molecule has 0 aliphatic carbocycles. The SMILES string of the molecule is CC(C)C(C(=O)N1CCCC1C(N)=O)c1cc(OCCCCCN)no1.Oc1ccc(-c2ccccc2F)cc1. The van der Waals surface area contributed by atoms with E-state index in [0.29, 0.717) is 43.3 Å². The maximum atomic E-state index is 13.3. The van der Waals surface area contributed by atoms with Crippen LogP contribution >= 0.6 is 0 Å². The van der Waals surface area contributed by atoms with E-state index in [1.807, 2.05) is 13.8 Å². The molecule has 2 amide bonds. The van der Waals surface area contributed by atoms with Crippen molar-refractivity contribution in [2.75, 3.05) is 19.7 Å². The lowest BCUT2D eigenvalue weighted by atomic mass is 9.91. The summed E-state index contributed by atoms with van der Waals surface area (Å²) in [6, 6.07) is 14.2. The van der Waals surface area contributed by atoms with E-state index in [-0.39, 0.29) is 23.4 Å². The van der Waals surface area contributed by atoms with E-state index < -0.39 is 17.9 Å². The molecule has 2 unspecified atom stereocenters. The average Bonchev–Trinajstić information content (AvgIpc) is 3.60. The number of aromatic hydroxyl groups is 1. The summed E-state index contributed by atoms with van der Waals surface area (Å²) in [7, 11) is 0. The molecule has 1 aromatic heterocycles. The van der Waals surface area contributed by atoms with Gasteiger partial charge in [-0.25, -0.2) is 4.39 Å². The quantitative estimate of drug-likeness (QED) is 0.294. The molecule has 1 fully saturated rings. The highest BCUT2D eigenvalue weighted by molar-refractivity contribution is 5.90. The number of hydrogen-bond acceptors (Lipinski definition) is 7. The van der Waals surface area contributed by atoms with Gasteiger partial charge in [-0.15, -0.1) is 0 Å². The van der Waals surface area contributed by atoms with Crippen molar-refractivity contribution in [2.45, 2.75) is 57.9 Å². The Morgan fingerprint density at radius 1 is 1.15 bits per heavy atom. The predicted molar refractivity (Wildman–Crippen MR) is 150 cm³/mol. The molecule has 0 saturated carbocycles. The largest absolute Gasteiger partial charge is 0.508 e. The van der Waals surface area contributed by atoms with Gasteiger partial charge in [0, 0.05) is 18.2 Å². The molecule has 9 nitrogen and oxygen atoms in total. The molecular formula is C30H39FN4O5. The van der Waals surface area contributed by atoms with Crippen LogP contribution in [-0.4, -0.2) is 52.7 Å². The number of amides is 2. The van der Waals surface area contributed by atoms with Crippen LogP contribution in [0.4, 0.5) is 4.39 Å². The summed E-state index contributed by atoms with van der Waals surface area (Å²) >= 11 is 0. The highest BCUT2D eigenvalue weighted by Crippen LogP contribution is 2.32. The summed E-state index contributed by atoms with van der Waals surface area (Å²) in [5, 5.41) is 13.0. The number of halogens is 1. The Balaban J connectivity index is 0.000000263. The van der Waals surface area contributed by atoms with Gasteiger partial charge < -0.3 is 30.7 Å². The Morgan fingerprint density at radius 3 is 2.52 bits per heavy atom. The predicted octanol–water partition coefficient (Wildman–Crippen LogP) is 4.60. The molecule has 3 aromatic rings. The molecule has 0 spiro atoms. The Bertz CT molecular complexity index is 1230. The van der Waals surface area contributed by atoms with Crippen LogP contribution in [0.15, 0.2) is 59.1 Å². The van der Waals surface area contributed by atoms with Gasteiger partial charge in [0.25, 0.3) is 5.88 Å². The minimum absolute atomic E-state index is 0.0121. The zero-order valence-electron chi connectivity index (χ0n) is 23.1. The second-order valence-electron chi connectivity index (χ2n) is 10.1. The molecule has 5 N–H and O–H groups in total. The van der Waals surface area contributed by atoms with Crippen LogP contribution < -0.4 is 16.2 Å². The van der Waals surface area contributed by atoms with Crippen molar-refractivity contribution < 1.29 is 28.3 Å². The van der Waals surface area contributed by atoms with Gasteiger partial charge in [-0.1, -0.05) is 44.2 Å². The second kappa shape index (κ2) is 15.0. The molecule has 40 heavy (non-hydrogen) atoms. The number of phenolic OH excluding ortho intramolecular Hbond substituents is 1. The van der Waals surface area contributed by atoms with Gasteiger partial charge in [0.2, 0.25) is 11.8 Å². The van der Waals surface area contributed by atoms with E-state index in [0.717, 1.165) is 31.2 Å². The molecule has 1 aliphatic rings. The Hall–Kier alpha value is -3.92. The van der Waals surface area contributed by atoms with Gasteiger partial charge >= 0.3 is 0 Å². The molecule has 2 atom stereocenters. The van der Waals surface area contributed by atoms with Crippen molar-refractivity contribution in [3.8, 4) is 22.8 Å². The number of carbonyl (C=O) groups excluding carboxylic acids is 2. The van der Waals surface area contributed by atoms with Crippen LogP contribution in [0.25, 0.3) is 11.1 Å². The minimum Gasteiger partial charge on any atom is -0.508 e. The number of ether oxygens (including phenoxy) is 1. The fraction of sp³-hybridized carbons (Fsp3) is 0.433. The number of rotatable bonds is 11. The first-order valence-electron chi connectivity index (χ1n) is 13.7. The molecule has 216 valence electrons. The van der Waals surface area contributed by atoms with Crippen molar-refractivity contribution in [1.82, 2.24) is 10.1 Å². The van der Waals surface area contributed by atoms with Crippen molar-refractivity contribution in [3.63, 3.8) is 0 Å². The van der Waals surface area contributed by atoms with Gasteiger partial charge in [0.1, 0.15) is 23.5 Å². The van der Waals surface area contributed by atoms with Crippen LogP contribution in [0, 0.1) is 11.7 Å². The van der Waals surface area contributed by atoms with Crippen molar-refractivity contribution >= 4 is 11.8 Å². The van der Waals surface area contributed by atoms with Gasteiger partial charge in [-0.3, -0.25) is 9.59 Å². The van der Waals surface area contributed by atoms with Crippen LogP contribution in [0.1, 0.15) is 57.6 Å². The van der Waals surface area contributed by atoms with Gasteiger partial charge in [-0.2, -0.15) is 0 Å². The number of unbranched alkanes of at least 4 members (excludes halogenated alkanes) is 2. The van der Waals surface area contributed by atoms with Crippen LogP contribution in [-0.2, 0) is 9.59 Å². The molecule has 0 radical (unpaired) electrons. The van der Waals surface area contributed by atoms with E-state index in [1.54, 1.807) is 53.4 Å². The molecule has 10 heteroatoms. The number of hydrogen-bond donors (Lipinski definition) is 3. The number of aromatic nitrogens is 1. The van der Waals surface area contributed by atoms with Gasteiger partial charge in [-0.05, 0) is 73.5 Å². The fourth-order valence-corrected chi connectivity index (χ4v) is 4.66. The highest BCUT2D eigenvalue weighted by atomic mass is 19.1. The van der Waals surface area contributed by atoms with Crippen molar-refractivity contribution in [1.29, 1.82) is 0 Å². The molecule has 0 bridgehead atoms. The lowest BCUT2D eigenvalue weighted by Gasteiger charge is -2.27. The number of likely N-dealkylation sites (tertiary alicyclic amines) is 1. The molecule has 4 rings (SSSR count). The minimum atomic E-state index is -0.537. The summed E-state index contributed by atoms with van der Waals surface area (Å²) in [4.78, 5) is 26.2. The average molecular weight is 555 g/mol. The summed E-state index contributed by atoms with van der Waals surface area (Å²) in [6.07, 6.45) is 4.24. The summed E-state index contributed by atoms with van der Waals surface area (Å²) < 4.78 is 24.3. The van der Waals surface area contributed by atoms with Gasteiger partial charge in [0.05, 0.1) is 6.61 Å². The molecule has 1 saturated heterocycles. The molecular weight excluding hydrogens is 515 g/mol. The van der Waals surface area contributed by atoms with E-state index in [1.165, 1.54) is 6.07 Å². The summed E-state index contributed by atoms with van der Waals surface area (Å²) in [5.41, 5.74) is 12.2. The smallest absolute Gasteiger partial charge is 0.254 e. The number of phenols is 1. The van der Waals surface area contributed by atoms with Crippen LogP contribution in [0.3, 0.4) is 0 Å². The lowest BCUT2D eigenvalue weighted by molar-refractivity contribution is -0.139. The highest BCUT2D eigenvalue weighted by Gasteiger charge is 2.39. The van der Waals surface area contributed by atoms with E-state index in [4.69, 9.17) is 25.8 Å². The second-order valence-corrected chi connectivity index (χ2v) is 10.1. The number of nitrogens with two attached hydrogens (primary N) is 2. The summed E-state index contributed by atoms with van der Waals surface area (Å²) in [6.45, 7) is 5.62. The standard InChI is InChI=1S/C18H30N4O4.C12H9FO/c1-12(2)16(18(24)22-9-6-7-13(22)17(20)23)14-11-15(21-26-14)25-10-5-3-4-8-19;13-12-4-2-1-3-11(12)9-5-7-10(14)8-6-9/h11-13,16H,3-10,19H2,1-2H3,(H2,20,23);1-8,14H. The Labute approximate surface area is 234 Å². The van der Waals surface area contributed by atoms with Crippen LogP contribution in [0.5, 0.6) is 11.6 Å². The zero-order chi connectivity index (χ0) is 29.1. The maximum absolute atomic E-state index is 13.3. The topological polar surface area (TPSA) is 145 Å². The van der Waals surface area contributed by atoms with E-state index >= 15 is 0 Å². The third kappa shape index (κ3) is 8.29. The first-order chi connectivity index (χ1) is 19.2.